The fourth-order valence-electron chi connectivity index (χ4n) is 2.51. The van der Waals surface area contributed by atoms with Gasteiger partial charge in [-0.15, -0.1) is 0 Å². The summed E-state index contributed by atoms with van der Waals surface area (Å²) >= 11 is -1.91. The zero-order valence-electron chi connectivity index (χ0n) is 12.0. The summed E-state index contributed by atoms with van der Waals surface area (Å²) in [5, 5.41) is 0. The molecule has 6 heteroatoms. The minimum absolute atomic E-state index is 0.0366. The van der Waals surface area contributed by atoms with Crippen molar-refractivity contribution >= 4 is 28.2 Å². The average molecular weight is 332 g/mol. The molecule has 0 saturated heterocycles. The Kier molecular flexibility index (Phi) is 4.36. The molecule has 1 aliphatic heterocycles. The lowest BCUT2D eigenvalue weighted by molar-refractivity contribution is -0.133. The van der Waals surface area contributed by atoms with Gasteiger partial charge in [0.1, 0.15) is 12.4 Å². The molecule has 0 aliphatic carbocycles. The van der Waals surface area contributed by atoms with E-state index in [1.54, 1.807) is 42.5 Å². The number of carbonyl (C=O) groups is 1. The number of esters is 1. The van der Waals surface area contributed by atoms with E-state index in [9.17, 15) is 13.4 Å². The van der Waals surface area contributed by atoms with E-state index in [0.29, 0.717) is 11.1 Å². The summed E-state index contributed by atoms with van der Waals surface area (Å²) in [5.41, 5.74) is 2.47. The van der Waals surface area contributed by atoms with Gasteiger partial charge < -0.3 is 9.29 Å². The number of hydrogen-bond donors (Lipinski definition) is 1. The Morgan fingerprint density at radius 1 is 1.13 bits per heavy atom. The van der Waals surface area contributed by atoms with Crippen LogP contribution in [0.2, 0.25) is 0 Å². The van der Waals surface area contributed by atoms with Gasteiger partial charge in [0.15, 0.2) is 11.1 Å². The standard InChI is InChI=1S/C17H13FO4S/c18-15-4-2-1-3-13(15)16-14(9-22-17(16)19)12-7-5-11(6-8-12)10-23(20)21/h1-8H,9-10H2,(H,20,21). The third-order valence-electron chi connectivity index (χ3n) is 3.59. The van der Waals surface area contributed by atoms with Gasteiger partial charge in [0.05, 0.1) is 11.3 Å². The minimum atomic E-state index is -1.91. The van der Waals surface area contributed by atoms with Crippen molar-refractivity contribution in [3.05, 3.63) is 71.0 Å². The molecular weight excluding hydrogens is 319 g/mol. The van der Waals surface area contributed by atoms with E-state index in [4.69, 9.17) is 9.29 Å². The summed E-state index contributed by atoms with van der Waals surface area (Å²) in [6.07, 6.45) is 0. The van der Waals surface area contributed by atoms with Gasteiger partial charge in [0.25, 0.3) is 0 Å². The summed E-state index contributed by atoms with van der Waals surface area (Å²) in [5.74, 6) is -0.994. The molecule has 4 nitrogen and oxygen atoms in total. The van der Waals surface area contributed by atoms with Crippen molar-refractivity contribution < 1.29 is 22.7 Å². The number of hydrogen-bond acceptors (Lipinski definition) is 3. The Hall–Kier alpha value is -2.31. The molecule has 0 saturated carbocycles. The van der Waals surface area contributed by atoms with E-state index in [-0.39, 0.29) is 23.5 Å². The molecular formula is C17H13FO4S. The summed E-state index contributed by atoms with van der Waals surface area (Å²) in [4.78, 5) is 12.0. The van der Waals surface area contributed by atoms with Crippen LogP contribution >= 0.6 is 0 Å². The molecule has 1 atom stereocenters. The SMILES string of the molecule is O=C1OCC(c2ccc(CS(=O)O)cc2)=C1c1ccccc1F. The second-order valence-electron chi connectivity index (χ2n) is 5.07. The van der Waals surface area contributed by atoms with Crippen LogP contribution in [0.1, 0.15) is 16.7 Å². The number of cyclic esters (lactones) is 1. The van der Waals surface area contributed by atoms with Crippen molar-refractivity contribution in [3.8, 4) is 0 Å². The van der Waals surface area contributed by atoms with Crippen LogP contribution in [-0.4, -0.2) is 21.3 Å². The molecule has 0 amide bonds. The highest BCUT2D eigenvalue weighted by molar-refractivity contribution is 7.78. The molecule has 1 aliphatic rings. The van der Waals surface area contributed by atoms with Gasteiger partial charge in [-0.3, -0.25) is 0 Å². The van der Waals surface area contributed by atoms with Crippen LogP contribution in [0.3, 0.4) is 0 Å². The topological polar surface area (TPSA) is 63.6 Å². The van der Waals surface area contributed by atoms with Crippen LogP contribution in [0, 0.1) is 5.82 Å². The molecule has 0 radical (unpaired) electrons. The van der Waals surface area contributed by atoms with E-state index in [1.807, 2.05) is 0 Å². The van der Waals surface area contributed by atoms with Crippen molar-refractivity contribution in [3.63, 3.8) is 0 Å². The minimum Gasteiger partial charge on any atom is -0.457 e. The molecule has 0 bridgehead atoms. The van der Waals surface area contributed by atoms with Crippen LogP contribution in [0.15, 0.2) is 48.5 Å². The Labute approximate surface area is 134 Å². The number of rotatable bonds is 4. The Morgan fingerprint density at radius 3 is 2.48 bits per heavy atom. The second kappa shape index (κ2) is 6.44. The lowest BCUT2D eigenvalue weighted by Crippen LogP contribution is -2.00. The van der Waals surface area contributed by atoms with Crippen LogP contribution < -0.4 is 0 Å². The maximum atomic E-state index is 14.0. The molecule has 3 rings (SSSR count). The number of halogens is 1. The van der Waals surface area contributed by atoms with Crippen molar-refractivity contribution in [1.29, 1.82) is 0 Å². The van der Waals surface area contributed by atoms with Crippen molar-refractivity contribution in [1.82, 2.24) is 0 Å². The monoisotopic (exact) mass is 332 g/mol. The fourth-order valence-corrected chi connectivity index (χ4v) is 2.99. The lowest BCUT2D eigenvalue weighted by Gasteiger charge is -2.06. The molecule has 23 heavy (non-hydrogen) atoms. The molecule has 118 valence electrons. The Bertz CT molecular complexity index is 812. The molecule has 2 aromatic carbocycles. The molecule has 0 aromatic heterocycles. The van der Waals surface area contributed by atoms with Gasteiger partial charge in [-0.05, 0) is 17.2 Å². The van der Waals surface area contributed by atoms with Crippen molar-refractivity contribution in [2.75, 3.05) is 6.61 Å². The first-order valence-electron chi connectivity index (χ1n) is 6.88. The van der Waals surface area contributed by atoms with E-state index >= 15 is 0 Å². The van der Waals surface area contributed by atoms with Crippen molar-refractivity contribution in [2.24, 2.45) is 0 Å². The van der Waals surface area contributed by atoms with Gasteiger partial charge in [-0.2, -0.15) is 0 Å². The van der Waals surface area contributed by atoms with E-state index in [1.165, 1.54) is 6.07 Å². The van der Waals surface area contributed by atoms with Crippen LogP contribution in [-0.2, 0) is 26.4 Å². The number of carbonyl (C=O) groups excluding carboxylic acids is 1. The van der Waals surface area contributed by atoms with E-state index in [0.717, 1.165) is 5.56 Å². The second-order valence-corrected chi connectivity index (χ2v) is 6.00. The van der Waals surface area contributed by atoms with Gasteiger partial charge in [-0.1, -0.05) is 42.5 Å². The number of ether oxygens (including phenoxy) is 1. The fraction of sp³-hybridized carbons (Fsp3) is 0.118. The third kappa shape index (κ3) is 3.23. The smallest absolute Gasteiger partial charge is 0.339 e. The maximum Gasteiger partial charge on any atom is 0.339 e. The predicted octanol–water partition coefficient (Wildman–Crippen LogP) is 3.02. The Balaban J connectivity index is 2.04. The van der Waals surface area contributed by atoms with Crippen molar-refractivity contribution in [2.45, 2.75) is 5.75 Å². The first kappa shape index (κ1) is 15.6. The highest BCUT2D eigenvalue weighted by atomic mass is 32.2. The van der Waals surface area contributed by atoms with Gasteiger partial charge in [0.2, 0.25) is 0 Å². The summed E-state index contributed by atoms with van der Waals surface area (Å²) in [6.45, 7) is 0.0772. The molecule has 0 spiro atoms. The largest absolute Gasteiger partial charge is 0.457 e. The first-order chi connectivity index (χ1) is 11.1. The van der Waals surface area contributed by atoms with Gasteiger partial charge >= 0.3 is 5.97 Å². The van der Waals surface area contributed by atoms with Gasteiger partial charge in [-0.25, -0.2) is 13.4 Å². The number of benzene rings is 2. The molecule has 0 fully saturated rings. The quantitative estimate of drug-likeness (QED) is 0.690. The Morgan fingerprint density at radius 2 is 1.83 bits per heavy atom. The highest BCUT2D eigenvalue weighted by Gasteiger charge is 2.28. The molecule has 1 heterocycles. The molecule has 1 unspecified atom stereocenters. The van der Waals surface area contributed by atoms with Crippen LogP contribution in [0.25, 0.3) is 11.1 Å². The average Bonchev–Trinajstić information content (AvgIpc) is 2.90. The normalized spacial score (nSPS) is 15.7. The molecule has 2 aromatic rings. The first-order valence-corrected chi connectivity index (χ1v) is 8.16. The van der Waals surface area contributed by atoms with Crippen LogP contribution in [0.4, 0.5) is 4.39 Å². The van der Waals surface area contributed by atoms with E-state index < -0.39 is 22.9 Å². The summed E-state index contributed by atoms with van der Waals surface area (Å²) in [7, 11) is 0. The predicted molar refractivity (Wildman–Crippen MR) is 85.1 cm³/mol. The van der Waals surface area contributed by atoms with Gasteiger partial charge in [0, 0.05) is 11.1 Å². The summed E-state index contributed by atoms with van der Waals surface area (Å²) < 4.78 is 38.8. The van der Waals surface area contributed by atoms with Crippen LogP contribution in [0.5, 0.6) is 0 Å². The lowest BCUT2D eigenvalue weighted by atomic mass is 9.96. The highest BCUT2D eigenvalue weighted by Crippen LogP contribution is 2.34. The third-order valence-corrected chi connectivity index (χ3v) is 4.17. The van der Waals surface area contributed by atoms with E-state index in [2.05, 4.69) is 0 Å². The molecule has 1 N–H and O–H groups in total. The summed E-state index contributed by atoms with van der Waals surface area (Å²) in [6, 6.07) is 12.9. The zero-order valence-corrected chi connectivity index (χ0v) is 12.8. The maximum absolute atomic E-state index is 14.0. The zero-order chi connectivity index (χ0) is 16.4.